The standard InChI is InChI=1S/C17H18N2O2/c1-12-8-15(6-4-13(12)10-18)19-11-14-5-7-16(20-2)9-17(14)21-3/h4-9,19H,11H2,1-3H3. The van der Waals surface area contributed by atoms with Crippen LogP contribution >= 0.6 is 0 Å². The van der Waals surface area contributed by atoms with E-state index < -0.39 is 0 Å². The van der Waals surface area contributed by atoms with Crippen molar-refractivity contribution in [3.63, 3.8) is 0 Å². The third kappa shape index (κ3) is 3.46. The molecule has 21 heavy (non-hydrogen) atoms. The number of aryl methyl sites for hydroxylation is 1. The second-order valence-electron chi connectivity index (χ2n) is 4.67. The van der Waals surface area contributed by atoms with Crippen LogP contribution in [0.5, 0.6) is 11.5 Å². The van der Waals surface area contributed by atoms with Gasteiger partial charge in [-0.3, -0.25) is 0 Å². The zero-order valence-electron chi connectivity index (χ0n) is 12.4. The Morgan fingerprint density at radius 2 is 1.90 bits per heavy atom. The summed E-state index contributed by atoms with van der Waals surface area (Å²) < 4.78 is 10.6. The number of benzene rings is 2. The van der Waals surface area contributed by atoms with Crippen LogP contribution in [0.15, 0.2) is 36.4 Å². The molecule has 0 heterocycles. The van der Waals surface area contributed by atoms with Crippen LogP contribution in [0.3, 0.4) is 0 Å². The van der Waals surface area contributed by atoms with E-state index in [2.05, 4.69) is 11.4 Å². The Morgan fingerprint density at radius 3 is 2.52 bits per heavy atom. The SMILES string of the molecule is COc1ccc(CNc2ccc(C#N)c(C)c2)c(OC)c1. The Balaban J connectivity index is 2.13. The molecule has 0 saturated heterocycles. The summed E-state index contributed by atoms with van der Waals surface area (Å²) in [6.07, 6.45) is 0. The Morgan fingerprint density at radius 1 is 1.10 bits per heavy atom. The molecule has 2 aromatic rings. The molecule has 0 aliphatic heterocycles. The third-order valence-electron chi connectivity index (χ3n) is 3.32. The molecule has 0 aromatic heterocycles. The molecule has 0 unspecified atom stereocenters. The summed E-state index contributed by atoms with van der Waals surface area (Å²) in [4.78, 5) is 0. The van der Waals surface area contributed by atoms with E-state index in [9.17, 15) is 0 Å². The zero-order chi connectivity index (χ0) is 15.2. The summed E-state index contributed by atoms with van der Waals surface area (Å²) in [5.41, 5.74) is 3.68. The molecule has 0 aliphatic carbocycles. The van der Waals surface area contributed by atoms with E-state index in [-0.39, 0.29) is 0 Å². The molecule has 0 aliphatic rings. The first-order valence-electron chi connectivity index (χ1n) is 6.63. The number of nitrogens with one attached hydrogen (secondary N) is 1. The molecule has 2 aromatic carbocycles. The molecule has 0 spiro atoms. The molecule has 108 valence electrons. The van der Waals surface area contributed by atoms with Crippen molar-refractivity contribution in [1.82, 2.24) is 0 Å². The maximum atomic E-state index is 8.94. The third-order valence-corrected chi connectivity index (χ3v) is 3.32. The van der Waals surface area contributed by atoms with Gasteiger partial charge in [-0.2, -0.15) is 5.26 Å². The predicted molar refractivity (Wildman–Crippen MR) is 82.8 cm³/mol. The molecule has 0 saturated carbocycles. The van der Waals surface area contributed by atoms with Crippen LogP contribution in [0.4, 0.5) is 5.69 Å². The predicted octanol–water partition coefficient (Wildman–Crippen LogP) is 3.50. The highest BCUT2D eigenvalue weighted by Gasteiger charge is 2.05. The number of nitriles is 1. The number of rotatable bonds is 5. The minimum absolute atomic E-state index is 0.637. The van der Waals surface area contributed by atoms with Crippen LogP contribution in [-0.4, -0.2) is 14.2 Å². The van der Waals surface area contributed by atoms with Gasteiger partial charge in [0.1, 0.15) is 11.5 Å². The smallest absolute Gasteiger partial charge is 0.127 e. The summed E-state index contributed by atoms with van der Waals surface area (Å²) in [7, 11) is 3.27. The van der Waals surface area contributed by atoms with Crippen molar-refractivity contribution >= 4 is 5.69 Å². The van der Waals surface area contributed by atoms with Gasteiger partial charge in [0.05, 0.1) is 25.9 Å². The normalized spacial score (nSPS) is 9.81. The fourth-order valence-electron chi connectivity index (χ4n) is 2.09. The highest BCUT2D eigenvalue weighted by atomic mass is 16.5. The van der Waals surface area contributed by atoms with Gasteiger partial charge in [-0.1, -0.05) is 0 Å². The quantitative estimate of drug-likeness (QED) is 0.912. The average Bonchev–Trinajstić information content (AvgIpc) is 2.52. The zero-order valence-corrected chi connectivity index (χ0v) is 12.4. The molecule has 4 heteroatoms. The maximum absolute atomic E-state index is 8.94. The lowest BCUT2D eigenvalue weighted by Gasteiger charge is -2.12. The molecular formula is C17H18N2O2. The van der Waals surface area contributed by atoms with E-state index in [0.29, 0.717) is 12.1 Å². The number of nitrogens with zero attached hydrogens (tertiary/aromatic N) is 1. The van der Waals surface area contributed by atoms with Gasteiger partial charge < -0.3 is 14.8 Å². The largest absolute Gasteiger partial charge is 0.497 e. The van der Waals surface area contributed by atoms with Gasteiger partial charge in [-0.05, 0) is 42.8 Å². The summed E-state index contributed by atoms with van der Waals surface area (Å²) in [6.45, 7) is 2.57. The van der Waals surface area contributed by atoms with E-state index in [1.54, 1.807) is 14.2 Å². The van der Waals surface area contributed by atoms with Crippen LogP contribution < -0.4 is 14.8 Å². The second-order valence-corrected chi connectivity index (χ2v) is 4.67. The van der Waals surface area contributed by atoms with Crippen molar-refractivity contribution in [2.24, 2.45) is 0 Å². The van der Waals surface area contributed by atoms with E-state index in [0.717, 1.165) is 28.3 Å². The van der Waals surface area contributed by atoms with Gasteiger partial charge in [0.2, 0.25) is 0 Å². The van der Waals surface area contributed by atoms with Crippen molar-refractivity contribution in [2.45, 2.75) is 13.5 Å². The Labute approximate surface area is 124 Å². The molecular weight excluding hydrogens is 264 g/mol. The lowest BCUT2D eigenvalue weighted by atomic mass is 10.1. The van der Waals surface area contributed by atoms with E-state index >= 15 is 0 Å². The minimum atomic E-state index is 0.637. The van der Waals surface area contributed by atoms with Gasteiger partial charge in [-0.15, -0.1) is 0 Å². The Kier molecular flexibility index (Phi) is 4.68. The van der Waals surface area contributed by atoms with E-state index in [1.165, 1.54) is 0 Å². The van der Waals surface area contributed by atoms with Crippen molar-refractivity contribution in [3.8, 4) is 17.6 Å². The van der Waals surface area contributed by atoms with Crippen LogP contribution in [-0.2, 0) is 6.54 Å². The first kappa shape index (κ1) is 14.7. The van der Waals surface area contributed by atoms with Crippen molar-refractivity contribution in [1.29, 1.82) is 5.26 Å². The van der Waals surface area contributed by atoms with Crippen molar-refractivity contribution in [3.05, 3.63) is 53.1 Å². The summed E-state index contributed by atoms with van der Waals surface area (Å²) in [5.74, 6) is 1.55. The highest BCUT2D eigenvalue weighted by Crippen LogP contribution is 2.25. The number of hydrogen-bond donors (Lipinski definition) is 1. The van der Waals surface area contributed by atoms with Crippen LogP contribution in [0, 0.1) is 18.3 Å². The molecule has 0 amide bonds. The lowest BCUT2D eigenvalue weighted by molar-refractivity contribution is 0.391. The first-order valence-corrected chi connectivity index (χ1v) is 6.63. The summed E-state index contributed by atoms with van der Waals surface area (Å²) >= 11 is 0. The fraction of sp³-hybridized carbons (Fsp3) is 0.235. The van der Waals surface area contributed by atoms with Gasteiger partial charge in [0, 0.05) is 23.9 Å². The first-order chi connectivity index (χ1) is 10.2. The lowest BCUT2D eigenvalue weighted by Crippen LogP contribution is -2.02. The van der Waals surface area contributed by atoms with Crippen LogP contribution in [0.2, 0.25) is 0 Å². The highest BCUT2D eigenvalue weighted by molar-refractivity contribution is 5.52. The van der Waals surface area contributed by atoms with Crippen molar-refractivity contribution < 1.29 is 9.47 Å². The molecule has 1 N–H and O–H groups in total. The second kappa shape index (κ2) is 6.67. The van der Waals surface area contributed by atoms with Crippen molar-refractivity contribution in [2.75, 3.05) is 19.5 Å². The topological polar surface area (TPSA) is 54.3 Å². The van der Waals surface area contributed by atoms with E-state index in [4.69, 9.17) is 14.7 Å². The number of methoxy groups -OCH3 is 2. The molecule has 0 fully saturated rings. The summed E-state index contributed by atoms with van der Waals surface area (Å²) in [6, 6.07) is 13.6. The van der Waals surface area contributed by atoms with Gasteiger partial charge in [0.25, 0.3) is 0 Å². The molecule has 0 bridgehead atoms. The Bertz CT molecular complexity index is 675. The number of ether oxygens (including phenoxy) is 2. The number of hydrogen-bond acceptors (Lipinski definition) is 4. The minimum Gasteiger partial charge on any atom is -0.497 e. The van der Waals surface area contributed by atoms with Gasteiger partial charge in [-0.25, -0.2) is 0 Å². The molecule has 4 nitrogen and oxygen atoms in total. The van der Waals surface area contributed by atoms with E-state index in [1.807, 2.05) is 43.3 Å². The molecule has 0 radical (unpaired) electrons. The fourth-order valence-corrected chi connectivity index (χ4v) is 2.09. The van der Waals surface area contributed by atoms with Crippen LogP contribution in [0.1, 0.15) is 16.7 Å². The molecule has 0 atom stereocenters. The maximum Gasteiger partial charge on any atom is 0.127 e. The molecule has 2 rings (SSSR count). The Hall–Kier alpha value is -2.67. The summed E-state index contributed by atoms with van der Waals surface area (Å²) in [5, 5.41) is 12.3. The van der Waals surface area contributed by atoms with Gasteiger partial charge >= 0.3 is 0 Å². The number of anilines is 1. The van der Waals surface area contributed by atoms with Gasteiger partial charge in [0.15, 0.2) is 0 Å². The average molecular weight is 282 g/mol. The van der Waals surface area contributed by atoms with Crippen LogP contribution in [0.25, 0.3) is 0 Å². The monoisotopic (exact) mass is 282 g/mol.